The number of aliphatic hydroxyl groups is 1. The molecule has 1 heterocycles. The van der Waals surface area contributed by atoms with Crippen molar-refractivity contribution in [3.8, 4) is 0 Å². The SMILES string of the molecule is CC1(C)COC([C@](C)(O)[C@H](NC(C)(C)C)c2ccccc2)=N1. The van der Waals surface area contributed by atoms with E-state index in [9.17, 15) is 5.11 Å². The van der Waals surface area contributed by atoms with E-state index in [1.54, 1.807) is 6.92 Å². The van der Waals surface area contributed by atoms with Crippen LogP contribution in [0.3, 0.4) is 0 Å². The van der Waals surface area contributed by atoms with Gasteiger partial charge in [0.05, 0.1) is 11.6 Å². The molecule has 4 heteroatoms. The molecule has 2 N–H and O–H groups in total. The van der Waals surface area contributed by atoms with Gasteiger partial charge in [-0.05, 0) is 47.1 Å². The van der Waals surface area contributed by atoms with Gasteiger partial charge >= 0.3 is 0 Å². The van der Waals surface area contributed by atoms with Crippen molar-refractivity contribution in [1.82, 2.24) is 5.32 Å². The topological polar surface area (TPSA) is 53.9 Å². The number of rotatable bonds is 4. The van der Waals surface area contributed by atoms with Crippen molar-refractivity contribution in [2.75, 3.05) is 6.61 Å². The van der Waals surface area contributed by atoms with Gasteiger partial charge < -0.3 is 15.2 Å². The molecular formula is C18H28N2O2. The van der Waals surface area contributed by atoms with Crippen LogP contribution in [0.1, 0.15) is 53.1 Å². The van der Waals surface area contributed by atoms with Gasteiger partial charge in [0.1, 0.15) is 6.61 Å². The Morgan fingerprint density at radius 3 is 2.23 bits per heavy atom. The second kappa shape index (κ2) is 5.67. The number of benzene rings is 1. The molecule has 0 aromatic heterocycles. The van der Waals surface area contributed by atoms with Gasteiger partial charge in [0, 0.05) is 5.54 Å². The molecule has 1 aromatic carbocycles. The predicted octanol–water partition coefficient (Wildman–Crippen LogP) is 3.07. The number of aliphatic imine (C=N–C) groups is 1. The van der Waals surface area contributed by atoms with Gasteiger partial charge in [-0.15, -0.1) is 0 Å². The second-order valence-electron chi connectivity index (χ2n) is 7.90. The van der Waals surface area contributed by atoms with E-state index in [1.807, 2.05) is 44.2 Å². The molecule has 0 spiro atoms. The molecule has 4 nitrogen and oxygen atoms in total. The molecule has 0 saturated heterocycles. The van der Waals surface area contributed by atoms with Crippen molar-refractivity contribution in [1.29, 1.82) is 0 Å². The maximum atomic E-state index is 11.2. The molecule has 0 unspecified atom stereocenters. The van der Waals surface area contributed by atoms with E-state index in [-0.39, 0.29) is 17.1 Å². The molecule has 1 aliphatic rings. The van der Waals surface area contributed by atoms with Gasteiger partial charge in [-0.1, -0.05) is 30.3 Å². The molecule has 2 rings (SSSR count). The van der Waals surface area contributed by atoms with Crippen LogP contribution in [-0.2, 0) is 4.74 Å². The number of hydrogen-bond acceptors (Lipinski definition) is 4. The van der Waals surface area contributed by atoms with Crippen LogP contribution in [-0.4, -0.2) is 34.3 Å². The van der Waals surface area contributed by atoms with Gasteiger partial charge in [0.15, 0.2) is 5.60 Å². The fraction of sp³-hybridized carbons (Fsp3) is 0.611. The maximum absolute atomic E-state index is 11.2. The van der Waals surface area contributed by atoms with Gasteiger partial charge in [-0.3, -0.25) is 0 Å². The summed E-state index contributed by atoms with van der Waals surface area (Å²) in [5.41, 5.74) is -0.650. The highest BCUT2D eigenvalue weighted by Gasteiger charge is 2.45. The third-order valence-electron chi connectivity index (χ3n) is 3.67. The molecule has 1 aliphatic heterocycles. The summed E-state index contributed by atoms with van der Waals surface area (Å²) in [6, 6.07) is 9.64. The van der Waals surface area contributed by atoms with Crippen molar-refractivity contribution in [2.45, 2.75) is 64.3 Å². The van der Waals surface area contributed by atoms with Gasteiger partial charge in [-0.25, -0.2) is 4.99 Å². The van der Waals surface area contributed by atoms with E-state index in [2.05, 4.69) is 31.1 Å². The Hall–Kier alpha value is -1.39. The lowest BCUT2D eigenvalue weighted by Crippen LogP contribution is -2.53. The lowest BCUT2D eigenvalue weighted by atomic mass is 9.87. The quantitative estimate of drug-likeness (QED) is 0.899. The zero-order chi connectivity index (χ0) is 16.6. The van der Waals surface area contributed by atoms with Crippen LogP contribution >= 0.6 is 0 Å². The third-order valence-corrected chi connectivity index (χ3v) is 3.67. The van der Waals surface area contributed by atoms with Crippen LogP contribution in [0, 0.1) is 0 Å². The van der Waals surface area contributed by atoms with E-state index in [0.29, 0.717) is 12.5 Å². The number of nitrogens with one attached hydrogen (secondary N) is 1. The summed E-state index contributed by atoms with van der Waals surface area (Å²) in [5.74, 6) is 0.406. The number of nitrogens with zero attached hydrogens (tertiary/aromatic N) is 1. The normalized spacial score (nSPS) is 21.7. The highest BCUT2D eigenvalue weighted by molar-refractivity contribution is 5.87. The minimum atomic E-state index is -1.22. The van der Waals surface area contributed by atoms with Gasteiger partial charge in [0.2, 0.25) is 5.90 Å². The van der Waals surface area contributed by atoms with Crippen LogP contribution in [0.4, 0.5) is 0 Å². The van der Waals surface area contributed by atoms with Crippen molar-refractivity contribution < 1.29 is 9.84 Å². The first-order chi connectivity index (χ1) is 10.0. The summed E-state index contributed by atoms with van der Waals surface area (Å²) in [4.78, 5) is 4.57. The zero-order valence-electron chi connectivity index (χ0n) is 14.5. The summed E-state index contributed by atoms with van der Waals surface area (Å²) in [6.45, 7) is 12.5. The Morgan fingerprint density at radius 1 is 1.18 bits per heavy atom. The lowest BCUT2D eigenvalue weighted by Gasteiger charge is -2.38. The molecule has 1 aromatic rings. The van der Waals surface area contributed by atoms with Gasteiger partial charge in [0.25, 0.3) is 0 Å². The van der Waals surface area contributed by atoms with Crippen LogP contribution in [0.25, 0.3) is 0 Å². The van der Waals surface area contributed by atoms with Crippen LogP contribution in [0.5, 0.6) is 0 Å². The fourth-order valence-electron chi connectivity index (χ4n) is 2.59. The Labute approximate surface area is 133 Å². The first-order valence-electron chi connectivity index (χ1n) is 7.79. The van der Waals surface area contributed by atoms with E-state index in [1.165, 1.54) is 0 Å². The zero-order valence-corrected chi connectivity index (χ0v) is 14.5. The second-order valence-corrected chi connectivity index (χ2v) is 7.90. The summed E-state index contributed by atoms with van der Waals surface area (Å²) < 4.78 is 5.71. The van der Waals surface area contributed by atoms with Crippen LogP contribution < -0.4 is 5.32 Å². The molecular weight excluding hydrogens is 276 g/mol. The minimum Gasteiger partial charge on any atom is -0.476 e. The lowest BCUT2D eigenvalue weighted by molar-refractivity contribution is 0.0511. The Kier molecular flexibility index (Phi) is 4.37. The average molecular weight is 304 g/mol. The highest BCUT2D eigenvalue weighted by Crippen LogP contribution is 2.33. The largest absolute Gasteiger partial charge is 0.476 e. The van der Waals surface area contributed by atoms with E-state index in [0.717, 1.165) is 5.56 Å². The average Bonchev–Trinajstić information content (AvgIpc) is 2.77. The number of hydrogen-bond donors (Lipinski definition) is 2. The maximum Gasteiger partial charge on any atom is 0.218 e. The Morgan fingerprint density at radius 2 is 1.77 bits per heavy atom. The third kappa shape index (κ3) is 3.87. The molecule has 22 heavy (non-hydrogen) atoms. The van der Waals surface area contributed by atoms with E-state index in [4.69, 9.17) is 4.74 Å². The standard InChI is InChI=1S/C18H28N2O2/c1-16(2,3)19-14(13-10-8-7-9-11-13)18(6,21)15-20-17(4,5)12-22-15/h7-11,14,19,21H,12H2,1-6H3/t14-,18-/m1/s1. The number of ether oxygens (including phenoxy) is 1. The Bertz CT molecular complexity index is 542. The van der Waals surface area contributed by atoms with Gasteiger partial charge in [-0.2, -0.15) is 0 Å². The van der Waals surface area contributed by atoms with Crippen molar-refractivity contribution in [3.05, 3.63) is 35.9 Å². The van der Waals surface area contributed by atoms with E-state index >= 15 is 0 Å². The molecule has 0 aliphatic carbocycles. The Balaban J connectivity index is 2.40. The predicted molar refractivity (Wildman–Crippen MR) is 90.2 cm³/mol. The van der Waals surface area contributed by atoms with Crippen LogP contribution in [0.2, 0.25) is 0 Å². The molecule has 2 atom stereocenters. The fourth-order valence-corrected chi connectivity index (χ4v) is 2.59. The molecule has 122 valence electrons. The van der Waals surface area contributed by atoms with Crippen molar-refractivity contribution in [2.24, 2.45) is 4.99 Å². The molecule has 0 radical (unpaired) electrons. The summed E-state index contributed by atoms with van der Waals surface area (Å²) in [6.07, 6.45) is 0. The summed E-state index contributed by atoms with van der Waals surface area (Å²) in [7, 11) is 0. The molecule has 0 bridgehead atoms. The molecule has 0 saturated carbocycles. The minimum absolute atomic E-state index is 0.154. The van der Waals surface area contributed by atoms with Crippen molar-refractivity contribution >= 4 is 5.90 Å². The summed E-state index contributed by atoms with van der Waals surface area (Å²) in [5, 5.41) is 14.7. The monoisotopic (exact) mass is 304 g/mol. The molecule has 0 fully saturated rings. The highest BCUT2D eigenvalue weighted by atomic mass is 16.5. The van der Waals surface area contributed by atoms with Crippen LogP contribution in [0.15, 0.2) is 35.3 Å². The van der Waals surface area contributed by atoms with E-state index < -0.39 is 5.60 Å². The first-order valence-corrected chi connectivity index (χ1v) is 7.79. The summed E-state index contributed by atoms with van der Waals surface area (Å²) >= 11 is 0. The van der Waals surface area contributed by atoms with Crippen molar-refractivity contribution in [3.63, 3.8) is 0 Å². The first kappa shape index (κ1) is 17.0. The molecule has 0 amide bonds. The smallest absolute Gasteiger partial charge is 0.218 e.